The number of hydrogen-bond acceptors (Lipinski definition) is 4. The fourth-order valence-electron chi connectivity index (χ4n) is 3.62. The molecule has 1 fully saturated rings. The molecule has 1 amide bonds. The van der Waals surface area contributed by atoms with Crippen LogP contribution in [-0.2, 0) is 4.79 Å². The van der Waals surface area contributed by atoms with Crippen molar-refractivity contribution in [1.29, 1.82) is 0 Å². The van der Waals surface area contributed by atoms with Crippen molar-refractivity contribution in [2.45, 2.75) is 25.8 Å². The predicted molar refractivity (Wildman–Crippen MR) is 109 cm³/mol. The summed E-state index contributed by atoms with van der Waals surface area (Å²) in [6, 6.07) is 17.7. The van der Waals surface area contributed by atoms with Crippen molar-refractivity contribution in [3.63, 3.8) is 0 Å². The minimum absolute atomic E-state index is 0.0752. The number of benzene rings is 2. The number of carbonyl (C=O) groups excluding carboxylic acids is 1. The van der Waals surface area contributed by atoms with E-state index in [9.17, 15) is 9.90 Å². The van der Waals surface area contributed by atoms with E-state index in [0.29, 0.717) is 12.3 Å². The SMILES string of the molecule is CCC[C@H](NC(=O)CN1CCN(c2ccccc2O)CC1)c1ccccc1. The summed E-state index contributed by atoms with van der Waals surface area (Å²) >= 11 is 0. The molecule has 0 radical (unpaired) electrons. The molecule has 1 aliphatic heterocycles. The van der Waals surface area contributed by atoms with Gasteiger partial charge in [0.1, 0.15) is 5.75 Å². The predicted octanol–water partition coefficient (Wildman–Crippen LogP) is 3.17. The lowest BCUT2D eigenvalue weighted by molar-refractivity contribution is -0.123. The lowest BCUT2D eigenvalue weighted by atomic mass is 10.0. The third kappa shape index (κ3) is 5.23. The number of rotatable bonds is 7. The molecule has 0 unspecified atom stereocenters. The lowest BCUT2D eigenvalue weighted by Crippen LogP contribution is -2.49. The van der Waals surface area contributed by atoms with Crippen LogP contribution in [-0.4, -0.2) is 48.6 Å². The summed E-state index contributed by atoms with van der Waals surface area (Å²) in [5.41, 5.74) is 2.03. The molecule has 2 N–H and O–H groups in total. The highest BCUT2D eigenvalue weighted by molar-refractivity contribution is 5.78. The van der Waals surface area contributed by atoms with Crippen LogP contribution in [0.2, 0.25) is 0 Å². The fraction of sp³-hybridized carbons (Fsp3) is 0.409. The third-order valence-corrected chi connectivity index (χ3v) is 5.08. The minimum atomic E-state index is 0.0752. The molecule has 5 nitrogen and oxygen atoms in total. The van der Waals surface area contributed by atoms with E-state index in [0.717, 1.165) is 50.3 Å². The standard InChI is InChI=1S/C22H29N3O2/c1-2-8-19(18-9-4-3-5-10-18)23-22(27)17-24-13-15-25(16-14-24)20-11-6-7-12-21(20)26/h3-7,9-12,19,26H,2,8,13-17H2,1H3,(H,23,27)/t19-/m0/s1. The van der Waals surface area contributed by atoms with Crippen molar-refractivity contribution in [1.82, 2.24) is 10.2 Å². The second kappa shape index (κ2) is 9.42. The number of hydrogen-bond donors (Lipinski definition) is 2. The topological polar surface area (TPSA) is 55.8 Å². The van der Waals surface area contributed by atoms with Gasteiger partial charge in [0.05, 0.1) is 18.3 Å². The van der Waals surface area contributed by atoms with Gasteiger partial charge >= 0.3 is 0 Å². The molecule has 2 aromatic rings. The van der Waals surface area contributed by atoms with E-state index in [1.165, 1.54) is 0 Å². The summed E-state index contributed by atoms with van der Waals surface area (Å²) in [5.74, 6) is 0.391. The molecule has 1 atom stereocenters. The van der Waals surface area contributed by atoms with Gasteiger partial charge in [0.25, 0.3) is 0 Å². The third-order valence-electron chi connectivity index (χ3n) is 5.08. The van der Waals surface area contributed by atoms with Gasteiger partial charge in [-0.2, -0.15) is 0 Å². The zero-order valence-electron chi connectivity index (χ0n) is 16.0. The average molecular weight is 367 g/mol. The lowest BCUT2D eigenvalue weighted by Gasteiger charge is -2.36. The molecule has 5 heteroatoms. The van der Waals surface area contributed by atoms with Crippen LogP contribution in [0.25, 0.3) is 0 Å². The fourth-order valence-corrected chi connectivity index (χ4v) is 3.62. The molecular formula is C22H29N3O2. The molecule has 144 valence electrons. The zero-order valence-corrected chi connectivity index (χ0v) is 16.0. The van der Waals surface area contributed by atoms with Crippen molar-refractivity contribution in [3.05, 3.63) is 60.2 Å². The maximum absolute atomic E-state index is 12.6. The Morgan fingerprint density at radius 2 is 1.70 bits per heavy atom. The maximum atomic E-state index is 12.6. The highest BCUT2D eigenvalue weighted by Crippen LogP contribution is 2.27. The summed E-state index contributed by atoms with van der Waals surface area (Å²) in [6.07, 6.45) is 1.97. The Bertz CT molecular complexity index is 727. The number of amides is 1. The highest BCUT2D eigenvalue weighted by Gasteiger charge is 2.22. The van der Waals surface area contributed by atoms with Crippen LogP contribution in [0.15, 0.2) is 54.6 Å². The summed E-state index contributed by atoms with van der Waals surface area (Å²) in [4.78, 5) is 16.9. The first-order valence-electron chi connectivity index (χ1n) is 9.77. The average Bonchev–Trinajstić information content (AvgIpc) is 2.69. The smallest absolute Gasteiger partial charge is 0.234 e. The first kappa shape index (κ1) is 19.2. The molecule has 1 aliphatic rings. The quantitative estimate of drug-likeness (QED) is 0.789. The van der Waals surface area contributed by atoms with Gasteiger partial charge in [0.15, 0.2) is 0 Å². The van der Waals surface area contributed by atoms with Crippen LogP contribution in [0.5, 0.6) is 5.75 Å². The number of nitrogens with one attached hydrogen (secondary N) is 1. The molecule has 1 heterocycles. The van der Waals surface area contributed by atoms with Crippen molar-refractivity contribution in [3.8, 4) is 5.75 Å². The second-order valence-electron chi connectivity index (χ2n) is 7.07. The van der Waals surface area contributed by atoms with Crippen LogP contribution in [0.1, 0.15) is 31.4 Å². The Labute approximate surface area is 161 Å². The molecule has 0 aliphatic carbocycles. The van der Waals surface area contributed by atoms with E-state index in [4.69, 9.17) is 0 Å². The van der Waals surface area contributed by atoms with E-state index in [2.05, 4.69) is 34.2 Å². The first-order valence-corrected chi connectivity index (χ1v) is 9.77. The first-order chi connectivity index (χ1) is 13.2. The Morgan fingerprint density at radius 1 is 1.04 bits per heavy atom. The van der Waals surface area contributed by atoms with Gasteiger partial charge in [-0.05, 0) is 24.1 Å². The van der Waals surface area contributed by atoms with E-state index in [1.54, 1.807) is 6.07 Å². The van der Waals surface area contributed by atoms with Crippen LogP contribution < -0.4 is 10.2 Å². The molecule has 0 spiro atoms. The summed E-state index contributed by atoms with van der Waals surface area (Å²) < 4.78 is 0. The molecule has 0 bridgehead atoms. The van der Waals surface area contributed by atoms with Crippen LogP contribution >= 0.6 is 0 Å². The zero-order chi connectivity index (χ0) is 19.1. The van der Waals surface area contributed by atoms with Gasteiger partial charge in [0, 0.05) is 26.2 Å². The molecule has 1 saturated heterocycles. The largest absolute Gasteiger partial charge is 0.506 e. The molecule has 0 saturated carbocycles. The van der Waals surface area contributed by atoms with E-state index in [-0.39, 0.29) is 11.9 Å². The van der Waals surface area contributed by atoms with E-state index in [1.807, 2.05) is 36.4 Å². The van der Waals surface area contributed by atoms with Crippen molar-refractivity contribution >= 4 is 11.6 Å². The van der Waals surface area contributed by atoms with Gasteiger partial charge < -0.3 is 15.3 Å². The molecule has 3 rings (SSSR count). The number of phenols is 1. The normalized spacial score (nSPS) is 16.1. The van der Waals surface area contributed by atoms with Crippen molar-refractivity contribution < 1.29 is 9.90 Å². The summed E-state index contributed by atoms with van der Waals surface area (Å²) in [7, 11) is 0. The van der Waals surface area contributed by atoms with Gasteiger partial charge in [-0.25, -0.2) is 0 Å². The number of piperazine rings is 1. The van der Waals surface area contributed by atoms with Crippen LogP contribution in [0, 0.1) is 0 Å². The number of carbonyl (C=O) groups is 1. The highest BCUT2D eigenvalue weighted by atomic mass is 16.3. The monoisotopic (exact) mass is 367 g/mol. The number of anilines is 1. The molecular weight excluding hydrogens is 338 g/mol. The van der Waals surface area contributed by atoms with Crippen molar-refractivity contribution in [2.75, 3.05) is 37.6 Å². The number of aromatic hydroxyl groups is 1. The molecule has 27 heavy (non-hydrogen) atoms. The Kier molecular flexibility index (Phi) is 6.71. The summed E-state index contributed by atoms with van der Waals surface area (Å²) in [6.45, 7) is 5.79. The minimum Gasteiger partial charge on any atom is -0.506 e. The van der Waals surface area contributed by atoms with Gasteiger partial charge in [-0.3, -0.25) is 9.69 Å². The number of para-hydroxylation sites is 2. The van der Waals surface area contributed by atoms with Crippen molar-refractivity contribution in [2.24, 2.45) is 0 Å². The Hall–Kier alpha value is -2.53. The van der Waals surface area contributed by atoms with Gasteiger partial charge in [-0.15, -0.1) is 0 Å². The van der Waals surface area contributed by atoms with Gasteiger partial charge in [-0.1, -0.05) is 55.8 Å². The molecule has 0 aromatic heterocycles. The maximum Gasteiger partial charge on any atom is 0.234 e. The summed E-state index contributed by atoms with van der Waals surface area (Å²) in [5, 5.41) is 13.2. The van der Waals surface area contributed by atoms with Crippen LogP contribution in [0.3, 0.4) is 0 Å². The Balaban J connectivity index is 1.51. The number of nitrogens with zero attached hydrogens (tertiary/aromatic N) is 2. The van der Waals surface area contributed by atoms with E-state index < -0.39 is 0 Å². The van der Waals surface area contributed by atoms with E-state index >= 15 is 0 Å². The number of phenolic OH excluding ortho intramolecular Hbond substituents is 1. The second-order valence-corrected chi connectivity index (χ2v) is 7.07. The molecule has 2 aromatic carbocycles. The van der Waals surface area contributed by atoms with Crippen LogP contribution in [0.4, 0.5) is 5.69 Å². The van der Waals surface area contributed by atoms with Gasteiger partial charge in [0.2, 0.25) is 5.91 Å². The Morgan fingerprint density at radius 3 is 2.37 bits per heavy atom.